The minimum absolute atomic E-state index is 0.114. The first-order valence-electron chi connectivity index (χ1n) is 9.41. The Bertz CT molecular complexity index is 853. The minimum atomic E-state index is -1.16. The van der Waals surface area contributed by atoms with Gasteiger partial charge in [-0.25, -0.2) is 0 Å². The molecule has 2 unspecified atom stereocenters. The molecule has 0 saturated carbocycles. The molecule has 13 heteroatoms. The summed E-state index contributed by atoms with van der Waals surface area (Å²) in [6, 6.07) is 0. The smallest absolute Gasteiger partial charge is 0.255 e. The predicted octanol–water partition coefficient (Wildman–Crippen LogP) is -0.703. The van der Waals surface area contributed by atoms with E-state index in [-0.39, 0.29) is 36.5 Å². The van der Waals surface area contributed by atoms with Gasteiger partial charge < -0.3 is 40.7 Å². The van der Waals surface area contributed by atoms with Crippen LogP contribution in [0.5, 0.6) is 0 Å². The number of carbonyl (C=O) groups excluding carboxylic acids is 3. The lowest BCUT2D eigenvalue weighted by Crippen LogP contribution is -2.38. The van der Waals surface area contributed by atoms with Crippen molar-refractivity contribution in [2.75, 3.05) is 52.4 Å². The standard InChI is InChI=1S/C19H27I2N3O8/c1-9-13(18(30)22-4-10(27)6-25)15(20)14(19(31)24(2)5-11(28)7-26)16(21)17(9)23-12(29)8-32-3/h10-11,25-28H,4-8H2,1-3H3,(H,22,30)(H,23,29). The van der Waals surface area contributed by atoms with Gasteiger partial charge >= 0.3 is 0 Å². The second-order valence-corrected chi connectivity index (χ2v) is 9.09. The normalized spacial score (nSPS) is 12.8. The molecule has 180 valence electrons. The van der Waals surface area contributed by atoms with Crippen molar-refractivity contribution < 1.29 is 39.5 Å². The highest BCUT2D eigenvalue weighted by molar-refractivity contribution is 14.1. The lowest BCUT2D eigenvalue weighted by Gasteiger charge is -2.24. The van der Waals surface area contributed by atoms with Gasteiger partial charge in [0.25, 0.3) is 11.8 Å². The van der Waals surface area contributed by atoms with Crippen LogP contribution in [-0.2, 0) is 9.53 Å². The predicted molar refractivity (Wildman–Crippen MR) is 133 cm³/mol. The van der Waals surface area contributed by atoms with Crippen molar-refractivity contribution in [1.29, 1.82) is 0 Å². The average Bonchev–Trinajstić information content (AvgIpc) is 2.74. The second kappa shape index (κ2) is 13.6. The van der Waals surface area contributed by atoms with Gasteiger partial charge in [0.15, 0.2) is 0 Å². The zero-order valence-electron chi connectivity index (χ0n) is 17.8. The summed E-state index contributed by atoms with van der Waals surface area (Å²) < 4.78 is 5.52. The Labute approximate surface area is 212 Å². The number of amides is 3. The van der Waals surface area contributed by atoms with Gasteiger partial charge in [0.2, 0.25) is 5.91 Å². The molecule has 0 heterocycles. The number of hydrogen-bond donors (Lipinski definition) is 6. The SMILES string of the molecule is COCC(=O)Nc1c(C)c(C(=O)NCC(O)CO)c(I)c(C(=O)N(C)CC(O)CO)c1I. The molecule has 1 aromatic rings. The molecule has 0 spiro atoms. The maximum absolute atomic E-state index is 13.2. The van der Waals surface area contributed by atoms with Crippen LogP contribution in [0.2, 0.25) is 0 Å². The van der Waals surface area contributed by atoms with E-state index in [9.17, 15) is 24.6 Å². The second-order valence-electron chi connectivity index (χ2n) is 6.93. The molecule has 2 atom stereocenters. The number of benzene rings is 1. The molecule has 0 fully saturated rings. The largest absolute Gasteiger partial charge is 0.394 e. The van der Waals surface area contributed by atoms with Crippen molar-refractivity contribution in [3.63, 3.8) is 0 Å². The number of anilines is 1. The van der Waals surface area contributed by atoms with Crippen molar-refractivity contribution in [1.82, 2.24) is 10.2 Å². The minimum Gasteiger partial charge on any atom is -0.394 e. The summed E-state index contributed by atoms with van der Waals surface area (Å²) >= 11 is 3.76. The maximum atomic E-state index is 13.2. The molecule has 32 heavy (non-hydrogen) atoms. The van der Waals surface area contributed by atoms with Gasteiger partial charge in [-0.3, -0.25) is 14.4 Å². The summed E-state index contributed by atoms with van der Waals surface area (Å²) in [6.07, 6.45) is -2.30. The van der Waals surface area contributed by atoms with Gasteiger partial charge in [0.1, 0.15) is 6.61 Å². The number of hydrogen-bond acceptors (Lipinski definition) is 8. The first-order chi connectivity index (χ1) is 15.0. The molecule has 0 aliphatic rings. The summed E-state index contributed by atoms with van der Waals surface area (Å²) in [7, 11) is 2.79. The summed E-state index contributed by atoms with van der Waals surface area (Å²) in [6.45, 7) is -0.0593. The van der Waals surface area contributed by atoms with Crippen LogP contribution in [0.3, 0.4) is 0 Å². The molecule has 0 aliphatic heterocycles. The van der Waals surface area contributed by atoms with Gasteiger partial charge in [-0.1, -0.05) is 0 Å². The van der Waals surface area contributed by atoms with E-state index in [1.807, 2.05) is 45.2 Å². The number of aliphatic hydroxyl groups excluding tert-OH is 4. The molecule has 3 amide bonds. The van der Waals surface area contributed by atoms with Crippen molar-refractivity contribution in [3.8, 4) is 0 Å². The fourth-order valence-electron chi connectivity index (χ4n) is 2.72. The number of nitrogens with zero attached hydrogens (tertiary/aromatic N) is 1. The first kappa shape index (κ1) is 28.9. The Kier molecular flexibility index (Phi) is 12.3. The van der Waals surface area contributed by atoms with E-state index < -0.39 is 43.1 Å². The van der Waals surface area contributed by atoms with Crippen molar-refractivity contribution >= 4 is 68.6 Å². The molecular weight excluding hydrogens is 652 g/mol. The number of ether oxygens (including phenoxy) is 1. The summed E-state index contributed by atoms with van der Waals surface area (Å²) in [5.41, 5.74) is 0.891. The molecule has 0 saturated heterocycles. The maximum Gasteiger partial charge on any atom is 0.255 e. The summed E-state index contributed by atoms with van der Waals surface area (Å²) in [5.74, 6) is -1.62. The number of aliphatic hydroxyl groups is 4. The lowest BCUT2D eigenvalue weighted by atomic mass is 10.0. The number of nitrogens with one attached hydrogen (secondary N) is 2. The molecule has 0 aromatic heterocycles. The zero-order chi connectivity index (χ0) is 24.6. The van der Waals surface area contributed by atoms with Crippen molar-refractivity contribution in [3.05, 3.63) is 23.8 Å². The molecule has 1 rings (SSSR count). The van der Waals surface area contributed by atoms with E-state index in [1.165, 1.54) is 19.1 Å². The Morgan fingerprint density at radius 2 is 1.66 bits per heavy atom. The van der Waals surface area contributed by atoms with E-state index in [2.05, 4.69) is 10.6 Å². The number of halogens is 2. The van der Waals surface area contributed by atoms with E-state index in [1.54, 1.807) is 6.92 Å². The molecule has 11 nitrogen and oxygen atoms in total. The van der Waals surface area contributed by atoms with Gasteiger partial charge in [0.05, 0.1) is 45.8 Å². The van der Waals surface area contributed by atoms with E-state index in [4.69, 9.17) is 14.9 Å². The third kappa shape index (κ3) is 7.46. The van der Waals surface area contributed by atoms with Crippen LogP contribution in [0.1, 0.15) is 26.3 Å². The topological polar surface area (TPSA) is 169 Å². The average molecular weight is 679 g/mol. The fraction of sp³-hybridized carbons (Fsp3) is 0.526. The van der Waals surface area contributed by atoms with Gasteiger partial charge in [-0.15, -0.1) is 0 Å². The molecule has 0 aliphatic carbocycles. The van der Waals surface area contributed by atoms with Crippen LogP contribution < -0.4 is 10.6 Å². The Morgan fingerprint density at radius 3 is 2.19 bits per heavy atom. The quantitative estimate of drug-likeness (QED) is 0.167. The van der Waals surface area contributed by atoms with Crippen LogP contribution >= 0.6 is 45.2 Å². The fourth-order valence-corrected chi connectivity index (χ4v) is 5.43. The zero-order valence-corrected chi connectivity index (χ0v) is 22.1. The van der Waals surface area contributed by atoms with E-state index in [0.29, 0.717) is 12.7 Å². The summed E-state index contributed by atoms with van der Waals surface area (Å²) in [5, 5.41) is 42.5. The lowest BCUT2D eigenvalue weighted by molar-refractivity contribution is -0.119. The third-order valence-corrected chi connectivity index (χ3v) is 6.52. The van der Waals surface area contributed by atoms with Gasteiger partial charge in [-0.05, 0) is 57.7 Å². The molecule has 1 aromatic carbocycles. The molecule has 0 radical (unpaired) electrons. The number of carbonyl (C=O) groups is 3. The van der Waals surface area contributed by atoms with Crippen LogP contribution in [0.4, 0.5) is 5.69 Å². The highest BCUT2D eigenvalue weighted by Gasteiger charge is 2.29. The molecular formula is C19H27I2N3O8. The van der Waals surface area contributed by atoms with Crippen LogP contribution in [0.25, 0.3) is 0 Å². The van der Waals surface area contributed by atoms with Crippen LogP contribution in [-0.4, -0.2) is 102 Å². The Hall–Kier alpha value is -1.11. The number of methoxy groups -OCH3 is 1. The third-order valence-electron chi connectivity index (χ3n) is 4.36. The molecule has 6 N–H and O–H groups in total. The van der Waals surface area contributed by atoms with E-state index in [0.717, 1.165) is 0 Å². The highest BCUT2D eigenvalue weighted by atomic mass is 127. The van der Waals surface area contributed by atoms with Crippen molar-refractivity contribution in [2.45, 2.75) is 19.1 Å². The van der Waals surface area contributed by atoms with Gasteiger partial charge in [0, 0.05) is 30.8 Å². The van der Waals surface area contributed by atoms with E-state index >= 15 is 0 Å². The van der Waals surface area contributed by atoms with Crippen LogP contribution in [0.15, 0.2) is 0 Å². The summed E-state index contributed by atoms with van der Waals surface area (Å²) in [4.78, 5) is 39.5. The first-order valence-corrected chi connectivity index (χ1v) is 11.6. The molecule has 0 bridgehead atoms. The van der Waals surface area contributed by atoms with Gasteiger partial charge in [-0.2, -0.15) is 0 Å². The van der Waals surface area contributed by atoms with Crippen molar-refractivity contribution in [2.24, 2.45) is 0 Å². The highest BCUT2D eigenvalue weighted by Crippen LogP contribution is 2.35. The monoisotopic (exact) mass is 679 g/mol. The number of rotatable bonds is 11. The van der Waals surface area contributed by atoms with Crippen LogP contribution in [0, 0.1) is 14.1 Å². The number of likely N-dealkylation sites (N-methyl/N-ethyl adjacent to an activating group) is 1. The Morgan fingerprint density at radius 1 is 1.06 bits per heavy atom. The Balaban J connectivity index is 3.57.